The van der Waals surface area contributed by atoms with Crippen LogP contribution in [0.2, 0.25) is 0 Å². The molecule has 0 saturated carbocycles. The summed E-state index contributed by atoms with van der Waals surface area (Å²) in [5, 5.41) is 8.96. The van der Waals surface area contributed by atoms with Crippen molar-refractivity contribution in [3.05, 3.63) is 41.5 Å². The van der Waals surface area contributed by atoms with Crippen molar-refractivity contribution >= 4 is 5.57 Å². The van der Waals surface area contributed by atoms with Gasteiger partial charge in [-0.15, -0.1) is 0 Å². The van der Waals surface area contributed by atoms with Gasteiger partial charge in [-0.1, -0.05) is 44.2 Å². The van der Waals surface area contributed by atoms with Crippen molar-refractivity contribution in [2.45, 2.75) is 20.8 Å². The molecule has 0 saturated heterocycles. The molecule has 0 amide bonds. The van der Waals surface area contributed by atoms with Crippen LogP contribution in [0.3, 0.4) is 0 Å². The number of hydrogen-bond donors (Lipinski definition) is 1. The average Bonchev–Trinajstić information content (AvgIpc) is 2.15. The van der Waals surface area contributed by atoms with Crippen LogP contribution in [0, 0.1) is 12.8 Å². The largest absolute Gasteiger partial charge is 0.392 e. The predicted molar refractivity (Wildman–Crippen MR) is 61.1 cm³/mol. The molecule has 0 radical (unpaired) electrons. The van der Waals surface area contributed by atoms with Gasteiger partial charge in [0.2, 0.25) is 0 Å². The minimum absolute atomic E-state index is 0.113. The number of aliphatic hydroxyl groups is 1. The molecule has 1 heteroatoms. The molecule has 1 aromatic carbocycles. The van der Waals surface area contributed by atoms with Crippen LogP contribution in [0.4, 0.5) is 0 Å². The molecular weight excluding hydrogens is 172 g/mol. The fourth-order valence-electron chi connectivity index (χ4n) is 1.65. The standard InChI is InChI=1S/C13H18O/c1-10(2)12(8-9-14)13-7-5-4-6-11(13)3/h4-8,10,14H,9H2,1-3H3/b12-8+. The van der Waals surface area contributed by atoms with Crippen LogP contribution < -0.4 is 0 Å². The average molecular weight is 190 g/mol. The van der Waals surface area contributed by atoms with Crippen LogP contribution in [0.1, 0.15) is 25.0 Å². The quantitative estimate of drug-likeness (QED) is 0.776. The van der Waals surface area contributed by atoms with Crippen molar-refractivity contribution < 1.29 is 5.11 Å². The smallest absolute Gasteiger partial charge is 0.0618 e. The Bertz CT molecular complexity index is 324. The van der Waals surface area contributed by atoms with Gasteiger partial charge in [0.05, 0.1) is 6.61 Å². The first-order chi connectivity index (χ1) is 6.66. The van der Waals surface area contributed by atoms with E-state index in [1.54, 1.807) is 0 Å². The van der Waals surface area contributed by atoms with Crippen molar-refractivity contribution in [2.75, 3.05) is 6.61 Å². The van der Waals surface area contributed by atoms with Crippen LogP contribution in [0.25, 0.3) is 5.57 Å². The number of aryl methyl sites for hydroxylation is 1. The summed E-state index contributed by atoms with van der Waals surface area (Å²) < 4.78 is 0. The molecule has 14 heavy (non-hydrogen) atoms. The summed E-state index contributed by atoms with van der Waals surface area (Å²) in [7, 11) is 0. The first kappa shape index (κ1) is 11.0. The van der Waals surface area contributed by atoms with Gasteiger partial charge in [0, 0.05) is 0 Å². The molecule has 1 nitrogen and oxygen atoms in total. The molecule has 0 aliphatic rings. The highest BCUT2D eigenvalue weighted by atomic mass is 16.2. The van der Waals surface area contributed by atoms with Gasteiger partial charge in [-0.05, 0) is 29.5 Å². The first-order valence-electron chi connectivity index (χ1n) is 5.03. The third-order valence-corrected chi connectivity index (χ3v) is 2.39. The molecule has 0 heterocycles. The van der Waals surface area contributed by atoms with E-state index in [4.69, 9.17) is 5.11 Å². The maximum Gasteiger partial charge on any atom is 0.0618 e. The molecule has 0 atom stereocenters. The molecular formula is C13H18O. The molecule has 0 spiro atoms. The van der Waals surface area contributed by atoms with Gasteiger partial charge < -0.3 is 5.11 Å². The van der Waals surface area contributed by atoms with Crippen LogP contribution in [0.5, 0.6) is 0 Å². The Hall–Kier alpha value is -1.08. The third-order valence-electron chi connectivity index (χ3n) is 2.39. The van der Waals surface area contributed by atoms with Gasteiger partial charge in [-0.2, -0.15) is 0 Å². The van der Waals surface area contributed by atoms with E-state index in [1.807, 2.05) is 18.2 Å². The number of aliphatic hydroxyl groups excluding tert-OH is 1. The van der Waals surface area contributed by atoms with E-state index in [-0.39, 0.29) is 6.61 Å². The summed E-state index contributed by atoms with van der Waals surface area (Å²) in [6.07, 6.45) is 1.90. The Morgan fingerprint density at radius 1 is 1.36 bits per heavy atom. The van der Waals surface area contributed by atoms with Gasteiger partial charge in [0.1, 0.15) is 0 Å². The second kappa shape index (κ2) is 4.97. The SMILES string of the molecule is Cc1ccccc1/C(=C/CO)C(C)C. The van der Waals surface area contributed by atoms with Crippen LogP contribution >= 0.6 is 0 Å². The van der Waals surface area contributed by atoms with Gasteiger partial charge in [0.25, 0.3) is 0 Å². The zero-order valence-corrected chi connectivity index (χ0v) is 9.12. The topological polar surface area (TPSA) is 20.2 Å². The second-order valence-corrected chi connectivity index (χ2v) is 3.81. The normalized spacial score (nSPS) is 12.2. The van der Waals surface area contributed by atoms with Crippen molar-refractivity contribution in [3.8, 4) is 0 Å². The van der Waals surface area contributed by atoms with Crippen LogP contribution in [-0.4, -0.2) is 11.7 Å². The molecule has 0 unspecified atom stereocenters. The minimum Gasteiger partial charge on any atom is -0.392 e. The highest BCUT2D eigenvalue weighted by Crippen LogP contribution is 2.25. The Morgan fingerprint density at radius 3 is 2.50 bits per heavy atom. The van der Waals surface area contributed by atoms with Crippen molar-refractivity contribution in [3.63, 3.8) is 0 Å². The molecule has 1 rings (SSSR count). The maximum atomic E-state index is 8.96. The van der Waals surface area contributed by atoms with E-state index in [9.17, 15) is 0 Å². The number of rotatable bonds is 3. The van der Waals surface area contributed by atoms with Gasteiger partial charge in [-0.25, -0.2) is 0 Å². The van der Waals surface area contributed by atoms with Crippen molar-refractivity contribution in [1.82, 2.24) is 0 Å². The lowest BCUT2D eigenvalue weighted by atomic mass is 9.92. The highest BCUT2D eigenvalue weighted by molar-refractivity contribution is 5.69. The number of hydrogen-bond acceptors (Lipinski definition) is 1. The second-order valence-electron chi connectivity index (χ2n) is 3.81. The summed E-state index contributed by atoms with van der Waals surface area (Å²) in [6, 6.07) is 8.28. The van der Waals surface area contributed by atoms with Crippen LogP contribution in [0.15, 0.2) is 30.3 Å². The van der Waals surface area contributed by atoms with E-state index in [1.165, 1.54) is 16.7 Å². The summed E-state index contributed by atoms with van der Waals surface area (Å²) in [6.45, 7) is 6.51. The minimum atomic E-state index is 0.113. The molecule has 0 aliphatic carbocycles. The molecule has 76 valence electrons. The zero-order valence-electron chi connectivity index (χ0n) is 9.12. The number of benzene rings is 1. The Balaban J connectivity index is 3.12. The van der Waals surface area contributed by atoms with E-state index in [0.717, 1.165) is 0 Å². The zero-order chi connectivity index (χ0) is 10.6. The Labute approximate surface area is 86.1 Å². The van der Waals surface area contributed by atoms with Crippen molar-refractivity contribution in [1.29, 1.82) is 0 Å². The summed E-state index contributed by atoms with van der Waals surface area (Å²) in [5.74, 6) is 0.447. The fourth-order valence-corrected chi connectivity index (χ4v) is 1.65. The van der Waals surface area contributed by atoms with E-state index in [0.29, 0.717) is 5.92 Å². The Morgan fingerprint density at radius 2 is 2.00 bits per heavy atom. The molecule has 1 aromatic rings. The number of allylic oxidation sites excluding steroid dienone is 1. The van der Waals surface area contributed by atoms with E-state index < -0.39 is 0 Å². The summed E-state index contributed by atoms with van der Waals surface area (Å²) in [5.41, 5.74) is 3.74. The van der Waals surface area contributed by atoms with E-state index >= 15 is 0 Å². The lowest BCUT2D eigenvalue weighted by Gasteiger charge is -2.13. The molecule has 0 aliphatic heterocycles. The van der Waals surface area contributed by atoms with Crippen LogP contribution in [-0.2, 0) is 0 Å². The fraction of sp³-hybridized carbons (Fsp3) is 0.385. The lowest BCUT2D eigenvalue weighted by Crippen LogP contribution is -1.97. The summed E-state index contributed by atoms with van der Waals surface area (Å²) >= 11 is 0. The van der Waals surface area contributed by atoms with Gasteiger partial charge >= 0.3 is 0 Å². The van der Waals surface area contributed by atoms with E-state index in [2.05, 4.69) is 32.9 Å². The maximum absolute atomic E-state index is 8.96. The lowest BCUT2D eigenvalue weighted by molar-refractivity contribution is 0.342. The monoisotopic (exact) mass is 190 g/mol. The molecule has 0 bridgehead atoms. The van der Waals surface area contributed by atoms with Gasteiger partial charge in [-0.3, -0.25) is 0 Å². The highest BCUT2D eigenvalue weighted by Gasteiger charge is 2.07. The summed E-state index contributed by atoms with van der Waals surface area (Å²) in [4.78, 5) is 0. The third kappa shape index (κ3) is 2.46. The van der Waals surface area contributed by atoms with Crippen molar-refractivity contribution in [2.24, 2.45) is 5.92 Å². The van der Waals surface area contributed by atoms with Gasteiger partial charge in [0.15, 0.2) is 0 Å². The molecule has 0 aromatic heterocycles. The first-order valence-corrected chi connectivity index (χ1v) is 5.03. The Kier molecular flexibility index (Phi) is 3.90. The molecule has 1 N–H and O–H groups in total. The predicted octanol–water partition coefficient (Wildman–Crippen LogP) is 3.03. The molecule has 0 fully saturated rings.